The third-order valence-corrected chi connectivity index (χ3v) is 4.06. The van der Waals surface area contributed by atoms with Gasteiger partial charge in [-0.15, -0.1) is 11.3 Å². The van der Waals surface area contributed by atoms with Gasteiger partial charge in [0.25, 0.3) is 0 Å². The molecule has 0 saturated heterocycles. The van der Waals surface area contributed by atoms with Crippen LogP contribution in [0.25, 0.3) is 0 Å². The average molecular weight is 297 g/mol. The van der Waals surface area contributed by atoms with Gasteiger partial charge in [0.1, 0.15) is 5.75 Å². The summed E-state index contributed by atoms with van der Waals surface area (Å²) in [6.07, 6.45) is 0.809. The average Bonchev–Trinajstić information content (AvgIpc) is 2.82. The maximum absolute atomic E-state index is 5.95. The van der Waals surface area contributed by atoms with Gasteiger partial charge in [0.05, 0.1) is 17.0 Å². The van der Waals surface area contributed by atoms with Gasteiger partial charge in [-0.2, -0.15) is 0 Å². The number of rotatable bonds is 6. The summed E-state index contributed by atoms with van der Waals surface area (Å²) in [6, 6.07) is 12.0. The topological polar surface area (TPSA) is 47.3 Å². The second kappa shape index (κ2) is 6.91. The van der Waals surface area contributed by atoms with Crippen molar-refractivity contribution in [3.8, 4) is 5.75 Å². The van der Waals surface area contributed by atoms with Gasteiger partial charge in [-0.3, -0.25) is 11.3 Å². The van der Waals surface area contributed by atoms with Gasteiger partial charge in [-0.25, -0.2) is 0 Å². The lowest BCUT2D eigenvalue weighted by molar-refractivity contribution is 0.339. The first-order valence-corrected chi connectivity index (χ1v) is 7.35. The van der Waals surface area contributed by atoms with Crippen molar-refractivity contribution in [2.75, 3.05) is 6.61 Å². The minimum absolute atomic E-state index is 0.0510. The largest absolute Gasteiger partial charge is 0.494 e. The molecule has 1 atom stereocenters. The first kappa shape index (κ1) is 14.3. The summed E-state index contributed by atoms with van der Waals surface area (Å²) in [5.74, 6) is 6.53. The molecular formula is C14H17ClN2OS. The Bertz CT molecular complexity index is 530. The van der Waals surface area contributed by atoms with E-state index in [-0.39, 0.29) is 6.04 Å². The lowest BCUT2D eigenvalue weighted by Gasteiger charge is -2.16. The van der Waals surface area contributed by atoms with Gasteiger partial charge < -0.3 is 4.74 Å². The predicted octanol–water partition coefficient (Wildman–Crippen LogP) is 3.55. The Morgan fingerprint density at radius 2 is 2.21 bits per heavy atom. The second-order valence-electron chi connectivity index (χ2n) is 4.13. The molecule has 0 saturated carbocycles. The van der Waals surface area contributed by atoms with E-state index in [4.69, 9.17) is 22.2 Å². The smallest absolute Gasteiger partial charge is 0.119 e. The third kappa shape index (κ3) is 3.94. The van der Waals surface area contributed by atoms with Crippen LogP contribution in [0.15, 0.2) is 36.4 Å². The van der Waals surface area contributed by atoms with Gasteiger partial charge in [0, 0.05) is 11.3 Å². The fourth-order valence-electron chi connectivity index (χ4n) is 1.92. The van der Waals surface area contributed by atoms with Crippen LogP contribution in [0.4, 0.5) is 0 Å². The Labute approximate surface area is 122 Å². The Balaban J connectivity index is 2.14. The molecule has 1 heterocycles. The normalized spacial score (nSPS) is 12.4. The minimum Gasteiger partial charge on any atom is -0.494 e. The number of benzene rings is 1. The zero-order valence-electron chi connectivity index (χ0n) is 10.7. The lowest BCUT2D eigenvalue weighted by Crippen LogP contribution is -2.29. The molecule has 0 aliphatic heterocycles. The lowest BCUT2D eigenvalue weighted by atomic mass is 10.0. The highest BCUT2D eigenvalue weighted by Crippen LogP contribution is 2.27. The van der Waals surface area contributed by atoms with Crippen molar-refractivity contribution in [3.05, 3.63) is 51.2 Å². The van der Waals surface area contributed by atoms with E-state index >= 15 is 0 Å². The van der Waals surface area contributed by atoms with Crippen molar-refractivity contribution >= 4 is 22.9 Å². The SMILES string of the molecule is CCOc1cccc(C(Cc2ccc(Cl)s2)NN)c1. The Morgan fingerprint density at radius 3 is 2.84 bits per heavy atom. The van der Waals surface area contributed by atoms with Gasteiger partial charge in [-0.1, -0.05) is 23.7 Å². The minimum atomic E-state index is 0.0510. The molecule has 1 aromatic heterocycles. The first-order valence-electron chi connectivity index (χ1n) is 6.16. The summed E-state index contributed by atoms with van der Waals surface area (Å²) in [5, 5.41) is 0. The molecule has 0 spiro atoms. The molecule has 0 aliphatic rings. The van der Waals surface area contributed by atoms with E-state index in [0.29, 0.717) is 6.61 Å². The van der Waals surface area contributed by atoms with Crippen molar-refractivity contribution in [2.24, 2.45) is 5.84 Å². The third-order valence-electron chi connectivity index (χ3n) is 2.81. The molecule has 0 amide bonds. The van der Waals surface area contributed by atoms with Crippen LogP contribution in [0.3, 0.4) is 0 Å². The van der Waals surface area contributed by atoms with Gasteiger partial charge in [0.15, 0.2) is 0 Å². The molecule has 2 aromatic rings. The summed E-state index contributed by atoms with van der Waals surface area (Å²) < 4.78 is 6.31. The number of hydrogen-bond acceptors (Lipinski definition) is 4. The summed E-state index contributed by atoms with van der Waals surface area (Å²) in [6.45, 7) is 2.63. The maximum Gasteiger partial charge on any atom is 0.119 e. The Kier molecular flexibility index (Phi) is 5.22. The van der Waals surface area contributed by atoms with Crippen molar-refractivity contribution in [2.45, 2.75) is 19.4 Å². The van der Waals surface area contributed by atoms with Gasteiger partial charge in [0.2, 0.25) is 0 Å². The highest BCUT2D eigenvalue weighted by molar-refractivity contribution is 7.16. The molecule has 2 rings (SSSR count). The van der Waals surface area contributed by atoms with Crippen LogP contribution in [0.1, 0.15) is 23.4 Å². The van der Waals surface area contributed by atoms with Gasteiger partial charge in [-0.05, 0) is 36.8 Å². The molecule has 5 heteroatoms. The van der Waals surface area contributed by atoms with Gasteiger partial charge >= 0.3 is 0 Å². The molecule has 0 bridgehead atoms. The number of thiophene rings is 1. The first-order chi connectivity index (χ1) is 9.22. The van der Waals surface area contributed by atoms with Crippen LogP contribution in [0.2, 0.25) is 4.34 Å². The highest BCUT2D eigenvalue weighted by atomic mass is 35.5. The van der Waals surface area contributed by atoms with Crippen LogP contribution < -0.4 is 16.0 Å². The van der Waals surface area contributed by atoms with Crippen LogP contribution in [0, 0.1) is 0 Å². The molecule has 102 valence electrons. The van der Waals surface area contributed by atoms with E-state index in [2.05, 4.69) is 5.43 Å². The quantitative estimate of drug-likeness (QED) is 0.633. The van der Waals surface area contributed by atoms with E-state index in [0.717, 1.165) is 22.1 Å². The summed E-state index contributed by atoms with van der Waals surface area (Å²) in [7, 11) is 0. The Hall–Kier alpha value is -1.07. The molecule has 0 aliphatic carbocycles. The number of hydrazine groups is 1. The molecule has 1 unspecified atom stereocenters. The zero-order chi connectivity index (χ0) is 13.7. The van der Waals surface area contributed by atoms with Crippen molar-refractivity contribution in [1.29, 1.82) is 0 Å². The summed E-state index contributed by atoms with van der Waals surface area (Å²) in [5.41, 5.74) is 3.96. The number of ether oxygens (including phenoxy) is 1. The van der Waals surface area contributed by atoms with E-state index < -0.39 is 0 Å². The predicted molar refractivity (Wildman–Crippen MR) is 80.7 cm³/mol. The molecule has 3 nitrogen and oxygen atoms in total. The number of nitrogens with one attached hydrogen (secondary N) is 1. The van der Waals surface area contributed by atoms with Crippen LogP contribution in [0.5, 0.6) is 5.75 Å². The Morgan fingerprint density at radius 1 is 1.37 bits per heavy atom. The zero-order valence-corrected chi connectivity index (χ0v) is 12.3. The second-order valence-corrected chi connectivity index (χ2v) is 5.93. The van der Waals surface area contributed by atoms with E-state index in [1.165, 1.54) is 4.88 Å². The van der Waals surface area contributed by atoms with Crippen LogP contribution >= 0.6 is 22.9 Å². The van der Waals surface area contributed by atoms with Crippen molar-refractivity contribution < 1.29 is 4.74 Å². The number of halogens is 1. The molecule has 0 fully saturated rings. The number of hydrogen-bond donors (Lipinski definition) is 2. The maximum atomic E-state index is 5.95. The molecular weight excluding hydrogens is 280 g/mol. The fraction of sp³-hybridized carbons (Fsp3) is 0.286. The van der Waals surface area contributed by atoms with Crippen molar-refractivity contribution in [1.82, 2.24) is 5.43 Å². The van der Waals surface area contributed by atoms with Crippen LogP contribution in [-0.4, -0.2) is 6.61 Å². The monoisotopic (exact) mass is 296 g/mol. The van der Waals surface area contributed by atoms with Crippen molar-refractivity contribution in [3.63, 3.8) is 0 Å². The summed E-state index contributed by atoms with van der Waals surface area (Å²) in [4.78, 5) is 1.20. The highest BCUT2D eigenvalue weighted by Gasteiger charge is 2.12. The van der Waals surface area contributed by atoms with E-state index in [1.54, 1.807) is 11.3 Å². The van der Waals surface area contributed by atoms with E-state index in [9.17, 15) is 0 Å². The summed E-state index contributed by atoms with van der Waals surface area (Å²) >= 11 is 7.53. The number of nitrogens with two attached hydrogens (primary N) is 1. The fourth-order valence-corrected chi connectivity index (χ4v) is 3.06. The molecule has 19 heavy (non-hydrogen) atoms. The van der Waals surface area contributed by atoms with Crippen LogP contribution in [-0.2, 0) is 6.42 Å². The molecule has 1 aromatic carbocycles. The molecule has 3 N–H and O–H groups in total. The molecule has 0 radical (unpaired) electrons. The standard InChI is InChI=1S/C14H17ClN2OS/c1-2-18-11-5-3-4-10(8-11)13(17-16)9-12-6-7-14(15)19-12/h3-8,13,17H,2,9,16H2,1H3. The van der Waals surface area contributed by atoms with E-state index in [1.807, 2.05) is 43.3 Å².